The molecule has 0 atom stereocenters. The van der Waals surface area contributed by atoms with E-state index in [0.717, 1.165) is 16.8 Å². The largest absolute Gasteiger partial charge is 0.478 e. The molecular formula is C19H17N3O3. The molecule has 0 aliphatic carbocycles. The van der Waals surface area contributed by atoms with Crippen molar-refractivity contribution in [2.24, 2.45) is 0 Å². The van der Waals surface area contributed by atoms with Crippen molar-refractivity contribution in [2.45, 2.75) is 13.8 Å². The highest BCUT2D eigenvalue weighted by Gasteiger charge is 2.11. The van der Waals surface area contributed by atoms with Gasteiger partial charge in [0.05, 0.1) is 5.56 Å². The molecule has 3 N–H and O–H groups in total. The number of hydrogen-bond acceptors (Lipinski definition) is 4. The number of amides is 1. The quantitative estimate of drug-likeness (QED) is 0.573. The van der Waals surface area contributed by atoms with Crippen LogP contribution in [0.1, 0.15) is 21.5 Å². The molecular weight excluding hydrogens is 318 g/mol. The van der Waals surface area contributed by atoms with Gasteiger partial charge in [-0.1, -0.05) is 12.1 Å². The fourth-order valence-electron chi connectivity index (χ4n) is 2.06. The first-order valence-electron chi connectivity index (χ1n) is 7.49. The minimum atomic E-state index is -1.09. The summed E-state index contributed by atoms with van der Waals surface area (Å²) in [5, 5.41) is 23.6. The Morgan fingerprint density at radius 2 is 1.84 bits per heavy atom. The fraction of sp³-hybridized carbons (Fsp3) is 0.105. The first-order valence-corrected chi connectivity index (χ1v) is 7.49. The highest BCUT2D eigenvalue weighted by atomic mass is 16.4. The van der Waals surface area contributed by atoms with E-state index in [0.29, 0.717) is 5.69 Å². The lowest BCUT2D eigenvalue weighted by atomic mass is 10.1. The summed E-state index contributed by atoms with van der Waals surface area (Å²) in [6, 6.07) is 13.3. The van der Waals surface area contributed by atoms with Crippen molar-refractivity contribution in [1.82, 2.24) is 0 Å². The van der Waals surface area contributed by atoms with Gasteiger partial charge in [0.2, 0.25) is 0 Å². The van der Waals surface area contributed by atoms with Crippen molar-refractivity contribution >= 4 is 23.3 Å². The Morgan fingerprint density at radius 3 is 2.48 bits per heavy atom. The lowest BCUT2D eigenvalue weighted by Crippen LogP contribution is -2.15. The molecule has 0 fully saturated rings. The highest BCUT2D eigenvalue weighted by Crippen LogP contribution is 2.15. The van der Waals surface area contributed by atoms with Gasteiger partial charge in [0, 0.05) is 17.6 Å². The van der Waals surface area contributed by atoms with Crippen LogP contribution >= 0.6 is 0 Å². The smallest absolute Gasteiger partial charge is 0.335 e. The zero-order valence-electron chi connectivity index (χ0n) is 13.8. The Balaban J connectivity index is 2.12. The molecule has 25 heavy (non-hydrogen) atoms. The Bertz CT molecular complexity index is 895. The Kier molecular flexibility index (Phi) is 5.54. The molecule has 0 unspecified atom stereocenters. The van der Waals surface area contributed by atoms with Crippen LogP contribution in [0.5, 0.6) is 0 Å². The van der Waals surface area contributed by atoms with E-state index in [2.05, 4.69) is 10.6 Å². The number of carboxylic acids is 1. The number of anilines is 2. The van der Waals surface area contributed by atoms with Gasteiger partial charge in [-0.05, 0) is 55.3 Å². The van der Waals surface area contributed by atoms with Crippen molar-refractivity contribution in [2.75, 3.05) is 10.6 Å². The zero-order chi connectivity index (χ0) is 18.4. The Hall–Kier alpha value is -3.59. The molecule has 0 aliphatic rings. The molecule has 0 aliphatic heterocycles. The molecule has 2 aromatic carbocycles. The average molecular weight is 335 g/mol. The van der Waals surface area contributed by atoms with E-state index >= 15 is 0 Å². The lowest BCUT2D eigenvalue weighted by molar-refractivity contribution is -0.112. The summed E-state index contributed by atoms with van der Waals surface area (Å²) in [5.74, 6) is -1.72. The third-order valence-electron chi connectivity index (χ3n) is 3.62. The number of rotatable bonds is 5. The molecule has 1 amide bonds. The van der Waals surface area contributed by atoms with Crippen LogP contribution in [-0.2, 0) is 4.79 Å². The number of aryl methyl sites for hydroxylation is 2. The van der Waals surface area contributed by atoms with Crippen LogP contribution < -0.4 is 10.6 Å². The van der Waals surface area contributed by atoms with E-state index in [1.165, 1.54) is 24.4 Å². The number of carbonyl (C=O) groups excluding carboxylic acids is 1. The molecule has 0 spiro atoms. The Morgan fingerprint density at radius 1 is 1.08 bits per heavy atom. The predicted octanol–water partition coefficient (Wildman–Crippen LogP) is 3.46. The van der Waals surface area contributed by atoms with Crippen molar-refractivity contribution in [3.63, 3.8) is 0 Å². The molecule has 0 radical (unpaired) electrons. The van der Waals surface area contributed by atoms with Gasteiger partial charge < -0.3 is 15.7 Å². The molecule has 0 bridgehead atoms. The lowest BCUT2D eigenvalue weighted by Gasteiger charge is -2.07. The van der Waals surface area contributed by atoms with Crippen LogP contribution in [0, 0.1) is 25.2 Å². The van der Waals surface area contributed by atoms with E-state index < -0.39 is 11.9 Å². The van der Waals surface area contributed by atoms with Crippen molar-refractivity contribution in [1.29, 1.82) is 5.26 Å². The SMILES string of the molecule is Cc1ccc(N/C=C(/C#N)C(=O)Nc2cccc(C(=O)O)c2)cc1C. The van der Waals surface area contributed by atoms with Gasteiger partial charge >= 0.3 is 5.97 Å². The molecule has 0 saturated carbocycles. The van der Waals surface area contributed by atoms with Gasteiger partial charge in [-0.3, -0.25) is 4.79 Å². The maximum atomic E-state index is 12.2. The van der Waals surface area contributed by atoms with Crippen molar-refractivity contribution in [3.8, 4) is 6.07 Å². The van der Waals surface area contributed by atoms with E-state index in [9.17, 15) is 14.9 Å². The van der Waals surface area contributed by atoms with Crippen LogP contribution in [-0.4, -0.2) is 17.0 Å². The highest BCUT2D eigenvalue weighted by molar-refractivity contribution is 6.07. The normalized spacial score (nSPS) is 10.7. The summed E-state index contributed by atoms with van der Waals surface area (Å²) in [6.45, 7) is 3.96. The number of carbonyl (C=O) groups is 2. The number of carboxylic acid groups (broad SMARTS) is 1. The second kappa shape index (κ2) is 7.79. The van der Waals surface area contributed by atoms with Crippen LogP contribution in [0.15, 0.2) is 54.2 Å². The molecule has 2 rings (SSSR count). The summed E-state index contributed by atoms with van der Waals surface area (Å²) in [7, 11) is 0. The molecule has 6 nitrogen and oxygen atoms in total. The summed E-state index contributed by atoms with van der Waals surface area (Å²) in [6.07, 6.45) is 1.32. The standard InChI is InChI=1S/C19H17N3O3/c1-12-6-7-16(8-13(12)2)21-11-15(10-20)18(23)22-17-5-3-4-14(9-17)19(24)25/h3-9,11,21H,1-2H3,(H,22,23)(H,24,25)/b15-11-. The molecule has 126 valence electrons. The monoisotopic (exact) mass is 335 g/mol. The van der Waals surface area contributed by atoms with Crippen LogP contribution in [0.3, 0.4) is 0 Å². The van der Waals surface area contributed by atoms with Gasteiger partial charge in [0.1, 0.15) is 11.6 Å². The van der Waals surface area contributed by atoms with Crippen LogP contribution in [0.2, 0.25) is 0 Å². The number of nitrogens with zero attached hydrogens (tertiary/aromatic N) is 1. The Labute approximate surface area is 145 Å². The fourth-order valence-corrected chi connectivity index (χ4v) is 2.06. The number of aromatic carboxylic acids is 1. The van der Waals surface area contributed by atoms with Crippen LogP contribution in [0.25, 0.3) is 0 Å². The summed E-state index contributed by atoms with van der Waals surface area (Å²) in [4.78, 5) is 23.1. The van der Waals surface area contributed by atoms with Gasteiger partial charge in [0.15, 0.2) is 0 Å². The minimum Gasteiger partial charge on any atom is -0.478 e. The molecule has 0 saturated heterocycles. The molecule has 6 heteroatoms. The third kappa shape index (κ3) is 4.69. The number of benzene rings is 2. The number of nitriles is 1. The van der Waals surface area contributed by atoms with Gasteiger partial charge in [-0.2, -0.15) is 5.26 Å². The van der Waals surface area contributed by atoms with Gasteiger partial charge in [0.25, 0.3) is 5.91 Å². The zero-order valence-corrected chi connectivity index (χ0v) is 13.8. The van der Waals surface area contributed by atoms with Gasteiger partial charge in [-0.25, -0.2) is 4.79 Å². The van der Waals surface area contributed by atoms with Crippen molar-refractivity contribution < 1.29 is 14.7 Å². The van der Waals surface area contributed by atoms with E-state index in [1.54, 1.807) is 6.07 Å². The van der Waals surface area contributed by atoms with E-state index in [-0.39, 0.29) is 11.1 Å². The first-order chi connectivity index (χ1) is 11.9. The maximum absolute atomic E-state index is 12.2. The van der Waals surface area contributed by atoms with Gasteiger partial charge in [-0.15, -0.1) is 0 Å². The topological polar surface area (TPSA) is 102 Å². The van der Waals surface area contributed by atoms with Crippen LogP contribution in [0.4, 0.5) is 11.4 Å². The second-order valence-electron chi connectivity index (χ2n) is 5.45. The summed E-state index contributed by atoms with van der Waals surface area (Å²) >= 11 is 0. The average Bonchev–Trinajstić information content (AvgIpc) is 2.58. The first kappa shape index (κ1) is 17.8. The second-order valence-corrected chi connectivity index (χ2v) is 5.45. The minimum absolute atomic E-state index is 0.0496. The van der Waals surface area contributed by atoms with Crippen molar-refractivity contribution in [3.05, 3.63) is 70.9 Å². The van der Waals surface area contributed by atoms with E-state index in [1.807, 2.05) is 38.1 Å². The number of nitrogens with one attached hydrogen (secondary N) is 2. The predicted molar refractivity (Wildman–Crippen MR) is 95.3 cm³/mol. The third-order valence-corrected chi connectivity index (χ3v) is 3.62. The summed E-state index contributed by atoms with van der Waals surface area (Å²) < 4.78 is 0. The molecule has 0 heterocycles. The maximum Gasteiger partial charge on any atom is 0.335 e. The van der Waals surface area contributed by atoms with E-state index in [4.69, 9.17) is 5.11 Å². The summed E-state index contributed by atoms with van der Waals surface area (Å²) in [5.41, 5.74) is 3.22. The number of hydrogen-bond donors (Lipinski definition) is 3. The molecule has 0 aromatic heterocycles. The molecule has 2 aromatic rings.